The number of aliphatic hydroxyl groups is 1. The average Bonchev–Trinajstić information content (AvgIpc) is 2.78. The molecule has 0 amide bonds. The van der Waals surface area contributed by atoms with Gasteiger partial charge in [0.25, 0.3) is 5.89 Å². The highest BCUT2D eigenvalue weighted by Crippen LogP contribution is 2.20. The number of hydrogen-bond acceptors (Lipinski definition) is 5. The maximum Gasteiger partial charge on any atom is 0.257 e. The van der Waals surface area contributed by atoms with Gasteiger partial charge in [0, 0.05) is 17.1 Å². The summed E-state index contributed by atoms with van der Waals surface area (Å²) in [5.74, 6) is 0.520. The molecule has 1 aromatic heterocycles. The van der Waals surface area contributed by atoms with Gasteiger partial charge in [0.05, 0.1) is 0 Å². The topological polar surface area (TPSA) is 85.2 Å². The highest BCUT2D eigenvalue weighted by Gasteiger charge is 2.14. The second kappa shape index (κ2) is 4.61. The standard InChI is InChI=1S/C10H10ClN3O2/c11-7-3-1-6(2-4-7)9-13-10(16-14-9)8(15)5-12/h1-4,8,15H,5,12H2/t8-/m0/s1. The van der Waals surface area contributed by atoms with Gasteiger partial charge in [-0.2, -0.15) is 4.98 Å². The average molecular weight is 240 g/mol. The van der Waals surface area contributed by atoms with Crippen molar-refractivity contribution in [2.45, 2.75) is 6.10 Å². The molecule has 0 aliphatic heterocycles. The van der Waals surface area contributed by atoms with Gasteiger partial charge >= 0.3 is 0 Å². The minimum Gasteiger partial charge on any atom is -0.382 e. The Morgan fingerprint density at radius 1 is 1.38 bits per heavy atom. The Hall–Kier alpha value is -1.43. The number of halogens is 1. The molecule has 0 spiro atoms. The number of rotatable bonds is 3. The van der Waals surface area contributed by atoms with Crippen LogP contribution in [0.25, 0.3) is 11.4 Å². The first-order valence-corrected chi connectivity index (χ1v) is 5.06. The van der Waals surface area contributed by atoms with Gasteiger partial charge in [0.2, 0.25) is 5.82 Å². The molecule has 6 heteroatoms. The minimum absolute atomic E-state index is 0.0439. The van der Waals surface area contributed by atoms with E-state index >= 15 is 0 Å². The first-order valence-electron chi connectivity index (χ1n) is 4.68. The molecule has 0 saturated carbocycles. The summed E-state index contributed by atoms with van der Waals surface area (Å²) in [5.41, 5.74) is 6.04. The lowest BCUT2D eigenvalue weighted by Crippen LogP contribution is -2.11. The second-order valence-electron chi connectivity index (χ2n) is 3.21. The SMILES string of the molecule is NC[C@H](O)c1nc(-c2ccc(Cl)cc2)no1. The fourth-order valence-electron chi connectivity index (χ4n) is 1.19. The van der Waals surface area contributed by atoms with Gasteiger partial charge in [0.15, 0.2) is 0 Å². The Bertz CT molecular complexity index is 469. The fourth-order valence-corrected chi connectivity index (χ4v) is 1.31. The molecule has 0 unspecified atom stereocenters. The van der Waals surface area contributed by atoms with Crippen molar-refractivity contribution in [1.82, 2.24) is 10.1 Å². The maximum atomic E-state index is 9.39. The molecule has 0 bridgehead atoms. The van der Waals surface area contributed by atoms with Gasteiger partial charge in [-0.1, -0.05) is 16.8 Å². The van der Waals surface area contributed by atoms with E-state index in [4.69, 9.17) is 21.9 Å². The monoisotopic (exact) mass is 239 g/mol. The summed E-state index contributed by atoms with van der Waals surface area (Å²) in [4.78, 5) is 4.03. The van der Waals surface area contributed by atoms with E-state index in [1.165, 1.54) is 0 Å². The summed E-state index contributed by atoms with van der Waals surface area (Å²) in [6, 6.07) is 7.00. The lowest BCUT2D eigenvalue weighted by molar-refractivity contribution is 0.141. The number of nitrogens with two attached hydrogens (primary N) is 1. The van der Waals surface area contributed by atoms with E-state index in [0.717, 1.165) is 5.56 Å². The van der Waals surface area contributed by atoms with Crippen LogP contribution in [0, 0.1) is 0 Å². The summed E-state index contributed by atoms with van der Waals surface area (Å²) in [6.45, 7) is 0.0439. The van der Waals surface area contributed by atoms with Crippen molar-refractivity contribution in [1.29, 1.82) is 0 Å². The van der Waals surface area contributed by atoms with Gasteiger partial charge in [-0.15, -0.1) is 0 Å². The van der Waals surface area contributed by atoms with Crippen molar-refractivity contribution in [2.75, 3.05) is 6.54 Å². The van der Waals surface area contributed by atoms with Crippen molar-refractivity contribution in [3.63, 3.8) is 0 Å². The molecule has 2 rings (SSSR count). The van der Waals surface area contributed by atoms with Gasteiger partial charge in [0.1, 0.15) is 6.10 Å². The van der Waals surface area contributed by atoms with Gasteiger partial charge in [-0.05, 0) is 24.3 Å². The third-order valence-corrected chi connectivity index (χ3v) is 2.30. The van der Waals surface area contributed by atoms with Crippen LogP contribution < -0.4 is 5.73 Å². The molecule has 0 radical (unpaired) electrons. The van der Waals surface area contributed by atoms with Crippen LogP contribution in [-0.4, -0.2) is 21.8 Å². The van der Waals surface area contributed by atoms with Crippen molar-refractivity contribution >= 4 is 11.6 Å². The molecule has 2 aromatic rings. The number of aromatic nitrogens is 2. The second-order valence-corrected chi connectivity index (χ2v) is 3.65. The predicted octanol–water partition coefficient (Wildman–Crippen LogP) is 1.38. The normalized spacial score (nSPS) is 12.7. The Balaban J connectivity index is 2.28. The molecule has 1 heterocycles. The van der Waals surface area contributed by atoms with Gasteiger partial charge in [-0.25, -0.2) is 0 Å². The van der Waals surface area contributed by atoms with E-state index in [9.17, 15) is 5.11 Å². The number of aliphatic hydroxyl groups excluding tert-OH is 1. The van der Waals surface area contributed by atoms with Crippen LogP contribution in [0.4, 0.5) is 0 Å². The maximum absolute atomic E-state index is 9.39. The highest BCUT2D eigenvalue weighted by atomic mass is 35.5. The molecule has 0 aliphatic rings. The van der Waals surface area contributed by atoms with Crippen LogP contribution in [-0.2, 0) is 0 Å². The van der Waals surface area contributed by atoms with Gasteiger partial charge < -0.3 is 15.4 Å². The molecule has 0 fully saturated rings. The lowest BCUT2D eigenvalue weighted by atomic mass is 10.2. The molecule has 84 valence electrons. The van der Waals surface area contributed by atoms with E-state index in [2.05, 4.69) is 10.1 Å². The van der Waals surface area contributed by atoms with Gasteiger partial charge in [-0.3, -0.25) is 0 Å². The molecule has 1 aromatic carbocycles. The summed E-state index contributed by atoms with van der Waals surface area (Å²) in [6.07, 6.45) is -0.923. The molecule has 1 atom stereocenters. The number of nitrogens with zero attached hydrogens (tertiary/aromatic N) is 2. The molecule has 3 N–H and O–H groups in total. The van der Waals surface area contributed by atoms with E-state index in [1.54, 1.807) is 24.3 Å². The van der Waals surface area contributed by atoms with Crippen LogP contribution in [0.3, 0.4) is 0 Å². The molecule has 0 saturated heterocycles. The van der Waals surface area contributed by atoms with Crippen LogP contribution >= 0.6 is 11.6 Å². The number of benzene rings is 1. The van der Waals surface area contributed by atoms with Crippen molar-refractivity contribution in [2.24, 2.45) is 5.73 Å². The Morgan fingerprint density at radius 3 is 2.69 bits per heavy atom. The van der Waals surface area contributed by atoms with Crippen LogP contribution in [0.1, 0.15) is 12.0 Å². The number of hydrogen-bond donors (Lipinski definition) is 2. The lowest BCUT2D eigenvalue weighted by Gasteiger charge is -1.98. The first kappa shape index (κ1) is 11.1. The van der Waals surface area contributed by atoms with E-state index in [-0.39, 0.29) is 12.4 Å². The van der Waals surface area contributed by atoms with E-state index in [0.29, 0.717) is 10.8 Å². The quantitative estimate of drug-likeness (QED) is 0.845. The smallest absolute Gasteiger partial charge is 0.257 e. The summed E-state index contributed by atoms with van der Waals surface area (Å²) < 4.78 is 4.88. The van der Waals surface area contributed by atoms with Crippen LogP contribution in [0.15, 0.2) is 28.8 Å². The van der Waals surface area contributed by atoms with E-state index in [1.807, 2.05) is 0 Å². The third-order valence-electron chi connectivity index (χ3n) is 2.05. The zero-order chi connectivity index (χ0) is 11.5. The predicted molar refractivity (Wildman–Crippen MR) is 58.8 cm³/mol. The Morgan fingerprint density at radius 2 is 2.06 bits per heavy atom. The third kappa shape index (κ3) is 2.21. The summed E-state index contributed by atoms with van der Waals surface area (Å²) in [5, 5.41) is 13.8. The molecular weight excluding hydrogens is 230 g/mol. The molecule has 16 heavy (non-hydrogen) atoms. The van der Waals surface area contributed by atoms with E-state index < -0.39 is 6.10 Å². The Kier molecular flexibility index (Phi) is 3.19. The zero-order valence-corrected chi connectivity index (χ0v) is 9.05. The summed E-state index contributed by atoms with van der Waals surface area (Å²) >= 11 is 5.76. The minimum atomic E-state index is -0.923. The Labute approximate surface area is 96.8 Å². The van der Waals surface area contributed by atoms with Crippen molar-refractivity contribution in [3.05, 3.63) is 35.2 Å². The summed E-state index contributed by atoms with van der Waals surface area (Å²) in [7, 11) is 0. The van der Waals surface area contributed by atoms with Crippen LogP contribution in [0.5, 0.6) is 0 Å². The molecular formula is C10H10ClN3O2. The van der Waals surface area contributed by atoms with Crippen molar-refractivity contribution < 1.29 is 9.63 Å². The molecule has 5 nitrogen and oxygen atoms in total. The largest absolute Gasteiger partial charge is 0.382 e. The van der Waals surface area contributed by atoms with Crippen molar-refractivity contribution in [3.8, 4) is 11.4 Å². The first-order chi connectivity index (χ1) is 7.70. The zero-order valence-electron chi connectivity index (χ0n) is 8.30. The molecule has 0 aliphatic carbocycles. The van der Waals surface area contributed by atoms with Crippen LogP contribution in [0.2, 0.25) is 5.02 Å². The fraction of sp³-hybridized carbons (Fsp3) is 0.200. The highest BCUT2D eigenvalue weighted by molar-refractivity contribution is 6.30.